The van der Waals surface area contributed by atoms with Crippen LogP contribution in [0.4, 0.5) is 22.1 Å². The van der Waals surface area contributed by atoms with E-state index < -0.39 is 11.6 Å². The zero-order valence-electron chi connectivity index (χ0n) is 20.7. The van der Waals surface area contributed by atoms with E-state index in [0.29, 0.717) is 23.7 Å². The Kier molecular flexibility index (Phi) is 6.43. The molecule has 2 heterocycles. The number of hydrogen-bond acceptors (Lipinski definition) is 5. The van der Waals surface area contributed by atoms with Crippen LogP contribution >= 0.6 is 0 Å². The van der Waals surface area contributed by atoms with E-state index in [0.717, 1.165) is 48.1 Å². The maximum Gasteiger partial charge on any atom is 0.408 e. The van der Waals surface area contributed by atoms with Crippen LogP contribution in [-0.2, 0) is 6.54 Å². The highest BCUT2D eigenvalue weighted by Crippen LogP contribution is 2.35. The zero-order chi connectivity index (χ0) is 24.6. The number of benzene rings is 1. The molecule has 1 aliphatic carbocycles. The van der Waals surface area contributed by atoms with Crippen molar-refractivity contribution >= 4 is 29.3 Å². The van der Waals surface area contributed by atoms with Crippen LogP contribution in [0.3, 0.4) is 0 Å². The number of rotatable bonds is 5. The quantitative estimate of drug-likeness (QED) is 0.484. The van der Waals surface area contributed by atoms with E-state index in [1.54, 1.807) is 4.90 Å². The molecular weight excluding hydrogens is 430 g/mol. The molecule has 1 saturated carbocycles. The first-order chi connectivity index (χ1) is 16.1. The maximum atomic E-state index is 12.6. The van der Waals surface area contributed by atoms with E-state index in [2.05, 4.69) is 16.0 Å². The summed E-state index contributed by atoms with van der Waals surface area (Å²) in [4.78, 5) is 31.3. The molecule has 1 aliphatic heterocycles. The average molecular weight is 466 g/mol. The molecule has 34 heavy (non-hydrogen) atoms. The van der Waals surface area contributed by atoms with Gasteiger partial charge in [0.25, 0.3) is 5.91 Å². The van der Waals surface area contributed by atoms with Gasteiger partial charge in [-0.25, -0.2) is 9.78 Å². The second kappa shape index (κ2) is 9.16. The molecule has 2 aliphatic rings. The number of anilines is 3. The van der Waals surface area contributed by atoms with Crippen LogP contribution in [0.15, 0.2) is 24.3 Å². The summed E-state index contributed by atoms with van der Waals surface area (Å²) >= 11 is 0. The van der Waals surface area contributed by atoms with Gasteiger partial charge in [-0.15, -0.1) is 0 Å². The van der Waals surface area contributed by atoms with Gasteiger partial charge < -0.3 is 21.1 Å². The first-order valence-electron chi connectivity index (χ1n) is 12.0. The Morgan fingerprint density at radius 1 is 1.18 bits per heavy atom. The Balaban J connectivity index is 1.71. The third-order valence-electron chi connectivity index (χ3n) is 6.82. The topological polar surface area (TPSA) is 107 Å². The minimum atomic E-state index is -0.901. The van der Waals surface area contributed by atoms with Gasteiger partial charge >= 0.3 is 6.09 Å². The SMILES string of the molecule is Cc1cccc(Nc2nc(N[C@@H]3CCCC[C@@H]3N(C(=O)O)C(C)(C)C)c(C)c3c2C(=O)NC3)c1. The predicted molar refractivity (Wildman–Crippen MR) is 134 cm³/mol. The van der Waals surface area contributed by atoms with Gasteiger partial charge in [-0.05, 0) is 76.3 Å². The summed E-state index contributed by atoms with van der Waals surface area (Å²) in [6.45, 7) is 10.3. The van der Waals surface area contributed by atoms with Gasteiger partial charge in [-0.1, -0.05) is 25.0 Å². The largest absolute Gasteiger partial charge is 0.465 e. The molecule has 8 nitrogen and oxygen atoms in total. The second-order valence-corrected chi connectivity index (χ2v) is 10.4. The Morgan fingerprint density at radius 2 is 1.91 bits per heavy atom. The van der Waals surface area contributed by atoms with E-state index in [9.17, 15) is 14.7 Å². The number of nitrogens with one attached hydrogen (secondary N) is 3. The minimum Gasteiger partial charge on any atom is -0.465 e. The fourth-order valence-electron chi connectivity index (χ4n) is 5.23. The van der Waals surface area contributed by atoms with Gasteiger partial charge in [0.2, 0.25) is 0 Å². The Labute approximate surface area is 201 Å². The van der Waals surface area contributed by atoms with Crippen LogP contribution in [0.25, 0.3) is 0 Å². The van der Waals surface area contributed by atoms with E-state index in [1.807, 2.05) is 58.9 Å². The lowest BCUT2D eigenvalue weighted by atomic mass is 9.86. The van der Waals surface area contributed by atoms with Crippen molar-refractivity contribution in [2.75, 3.05) is 10.6 Å². The summed E-state index contributed by atoms with van der Waals surface area (Å²) in [6, 6.07) is 7.72. The van der Waals surface area contributed by atoms with Crippen molar-refractivity contribution < 1.29 is 14.7 Å². The lowest BCUT2D eigenvalue weighted by Gasteiger charge is -2.45. The molecule has 2 aromatic rings. The Hall–Kier alpha value is -3.29. The number of carboxylic acid groups (broad SMARTS) is 1. The third-order valence-corrected chi connectivity index (χ3v) is 6.82. The normalized spacial score (nSPS) is 19.9. The van der Waals surface area contributed by atoms with Gasteiger partial charge in [0.1, 0.15) is 11.6 Å². The average Bonchev–Trinajstić information content (AvgIpc) is 3.13. The number of amides is 2. The number of pyridine rings is 1. The summed E-state index contributed by atoms with van der Waals surface area (Å²) in [7, 11) is 0. The highest BCUT2D eigenvalue weighted by Gasteiger charge is 2.39. The van der Waals surface area contributed by atoms with Crippen LogP contribution in [-0.4, -0.2) is 44.6 Å². The summed E-state index contributed by atoms with van der Waals surface area (Å²) < 4.78 is 0. The van der Waals surface area contributed by atoms with Crippen LogP contribution < -0.4 is 16.0 Å². The molecule has 4 N–H and O–H groups in total. The highest BCUT2D eigenvalue weighted by atomic mass is 16.4. The molecule has 1 aromatic carbocycles. The Morgan fingerprint density at radius 3 is 2.59 bits per heavy atom. The van der Waals surface area contributed by atoms with E-state index >= 15 is 0 Å². The van der Waals surface area contributed by atoms with Gasteiger partial charge in [0, 0.05) is 23.8 Å². The lowest BCUT2D eigenvalue weighted by molar-refractivity contribution is 0.0520. The molecule has 1 fully saturated rings. The fraction of sp³-hybridized carbons (Fsp3) is 0.500. The molecule has 182 valence electrons. The predicted octanol–water partition coefficient (Wildman–Crippen LogP) is 5.19. The molecule has 0 radical (unpaired) electrons. The second-order valence-electron chi connectivity index (χ2n) is 10.4. The molecule has 1 aromatic heterocycles. The van der Waals surface area contributed by atoms with Crippen LogP contribution in [0.2, 0.25) is 0 Å². The number of hydrogen-bond donors (Lipinski definition) is 4. The number of carbonyl (C=O) groups excluding carboxylic acids is 1. The molecule has 4 rings (SSSR count). The molecule has 2 amide bonds. The van der Waals surface area contributed by atoms with Gasteiger partial charge in [0.15, 0.2) is 0 Å². The highest BCUT2D eigenvalue weighted by molar-refractivity contribution is 6.04. The maximum absolute atomic E-state index is 12.6. The number of fused-ring (bicyclic) bond motifs is 1. The molecule has 8 heteroatoms. The summed E-state index contributed by atoms with van der Waals surface area (Å²) in [5.41, 5.74) is 3.89. The third kappa shape index (κ3) is 4.67. The van der Waals surface area contributed by atoms with Crippen LogP contribution in [0, 0.1) is 13.8 Å². The summed E-state index contributed by atoms with van der Waals surface area (Å²) in [6.07, 6.45) is 2.80. The van der Waals surface area contributed by atoms with E-state index in [1.165, 1.54) is 0 Å². The number of aryl methyl sites for hydroxylation is 1. The van der Waals surface area contributed by atoms with E-state index in [-0.39, 0.29) is 18.0 Å². The number of nitrogens with zero attached hydrogens (tertiary/aromatic N) is 2. The molecule has 0 spiro atoms. The van der Waals surface area contributed by atoms with Crippen molar-refractivity contribution in [3.8, 4) is 0 Å². The van der Waals surface area contributed by atoms with Crippen molar-refractivity contribution in [3.05, 3.63) is 46.5 Å². The first kappa shape index (κ1) is 23.9. The van der Waals surface area contributed by atoms with Gasteiger partial charge in [-0.3, -0.25) is 9.69 Å². The molecule has 0 bridgehead atoms. The van der Waals surface area contributed by atoms with Crippen LogP contribution in [0.1, 0.15) is 73.5 Å². The van der Waals surface area contributed by atoms with Crippen molar-refractivity contribution in [1.29, 1.82) is 0 Å². The smallest absolute Gasteiger partial charge is 0.408 e. The van der Waals surface area contributed by atoms with Crippen molar-refractivity contribution in [1.82, 2.24) is 15.2 Å². The van der Waals surface area contributed by atoms with E-state index in [4.69, 9.17) is 4.98 Å². The lowest BCUT2D eigenvalue weighted by Crippen LogP contribution is -2.58. The minimum absolute atomic E-state index is 0.0646. The fourth-order valence-corrected chi connectivity index (χ4v) is 5.23. The van der Waals surface area contributed by atoms with Crippen molar-refractivity contribution in [2.45, 2.75) is 84.5 Å². The molecule has 0 unspecified atom stereocenters. The zero-order valence-corrected chi connectivity index (χ0v) is 20.7. The van der Waals surface area contributed by atoms with Gasteiger partial charge in [-0.2, -0.15) is 0 Å². The van der Waals surface area contributed by atoms with Crippen molar-refractivity contribution in [3.63, 3.8) is 0 Å². The standard InChI is InChI=1S/C26H35N5O3/c1-15-9-8-10-17(13-15)28-23-21-18(14-27-24(21)32)16(2)22(30-23)29-19-11-6-7-12-20(19)31(25(33)34)26(3,4)5/h8-10,13,19-20H,6-7,11-12,14H2,1-5H3,(H,27,32)(H,33,34)(H2,28,29,30)/t19-,20+/m1/s1. The molecule has 0 saturated heterocycles. The summed E-state index contributed by atoms with van der Waals surface area (Å²) in [5.74, 6) is 1.08. The number of carbonyl (C=O) groups is 2. The summed E-state index contributed by atoms with van der Waals surface area (Å²) in [5, 5.41) is 19.9. The molecule has 2 atom stereocenters. The Bertz CT molecular complexity index is 1110. The first-order valence-corrected chi connectivity index (χ1v) is 12.0. The van der Waals surface area contributed by atoms with Gasteiger partial charge in [0.05, 0.1) is 11.6 Å². The molecular formula is C26H35N5O3. The number of aromatic nitrogens is 1. The van der Waals surface area contributed by atoms with Crippen LogP contribution in [0.5, 0.6) is 0 Å². The monoisotopic (exact) mass is 465 g/mol. The van der Waals surface area contributed by atoms with Crippen molar-refractivity contribution in [2.24, 2.45) is 0 Å².